The van der Waals surface area contributed by atoms with Crippen LogP contribution in [-0.2, 0) is 4.79 Å². The largest absolute Gasteiger partial charge is 0.357 e. The summed E-state index contributed by atoms with van der Waals surface area (Å²) in [6.07, 6.45) is 3.48. The lowest BCUT2D eigenvalue weighted by atomic mass is 10.1. The molecule has 0 aromatic rings. The molecule has 0 bridgehead atoms. The highest BCUT2D eigenvalue weighted by molar-refractivity contribution is 5.85. The van der Waals surface area contributed by atoms with Gasteiger partial charge in [0, 0.05) is 32.2 Å². The third-order valence-electron chi connectivity index (χ3n) is 3.57. The maximum Gasteiger partial charge on any atom is 0.241 e. The Balaban J connectivity index is 2.40. The number of rotatable bonds is 7. The number of aliphatic imine (C=N–C) groups is 1. The topological polar surface area (TPSA) is 68.8 Å². The Hall–Kier alpha value is -1.30. The van der Waals surface area contributed by atoms with Crippen molar-refractivity contribution in [1.82, 2.24) is 20.9 Å². The van der Waals surface area contributed by atoms with Crippen LogP contribution >= 0.6 is 0 Å². The highest BCUT2D eigenvalue weighted by atomic mass is 16.1. The number of hydrogen-bond acceptors (Lipinski definition) is 3. The number of hydrogen-bond donors (Lipinski definition) is 3. The first-order valence-electron chi connectivity index (χ1n) is 8.23. The molecule has 0 aromatic carbocycles. The van der Waals surface area contributed by atoms with Crippen molar-refractivity contribution in [3.63, 3.8) is 0 Å². The van der Waals surface area contributed by atoms with Crippen molar-refractivity contribution < 1.29 is 4.79 Å². The lowest BCUT2D eigenvalue weighted by Gasteiger charge is -2.32. The second kappa shape index (κ2) is 10.4. The monoisotopic (exact) mass is 297 g/mol. The fourth-order valence-electron chi connectivity index (χ4n) is 2.53. The standard InChI is InChI=1S/C15H31N5O/c1-4-9-20-10-7-13(8-11-20)19-15(17-6-3)18-12-14(21)16-5-2/h13H,4-12H2,1-3H3,(H,16,21)(H2,17,18,19). The number of carbonyl (C=O) groups is 1. The minimum Gasteiger partial charge on any atom is -0.357 e. The third-order valence-corrected chi connectivity index (χ3v) is 3.57. The molecule has 1 aliphatic rings. The average molecular weight is 297 g/mol. The number of likely N-dealkylation sites (N-methyl/N-ethyl adjacent to an activating group) is 1. The molecule has 1 rings (SSSR count). The molecule has 0 unspecified atom stereocenters. The van der Waals surface area contributed by atoms with Gasteiger partial charge in [-0.3, -0.25) is 4.79 Å². The molecule has 0 aliphatic carbocycles. The first kappa shape index (κ1) is 17.8. The van der Waals surface area contributed by atoms with Gasteiger partial charge >= 0.3 is 0 Å². The van der Waals surface area contributed by atoms with Crippen molar-refractivity contribution in [2.75, 3.05) is 39.3 Å². The van der Waals surface area contributed by atoms with Crippen LogP contribution in [0.25, 0.3) is 0 Å². The van der Waals surface area contributed by atoms with E-state index in [1.807, 2.05) is 13.8 Å². The Morgan fingerprint density at radius 1 is 1.14 bits per heavy atom. The molecule has 0 spiro atoms. The maximum atomic E-state index is 11.5. The summed E-state index contributed by atoms with van der Waals surface area (Å²) >= 11 is 0. The molecule has 6 heteroatoms. The lowest BCUT2D eigenvalue weighted by Crippen LogP contribution is -2.49. The van der Waals surface area contributed by atoms with E-state index in [-0.39, 0.29) is 12.5 Å². The van der Waals surface area contributed by atoms with Crippen LogP contribution in [0, 0.1) is 0 Å². The molecule has 1 amide bonds. The van der Waals surface area contributed by atoms with Crippen LogP contribution in [0.15, 0.2) is 4.99 Å². The Morgan fingerprint density at radius 2 is 1.81 bits per heavy atom. The average Bonchev–Trinajstić information content (AvgIpc) is 2.48. The Kier molecular flexibility index (Phi) is 8.82. The Morgan fingerprint density at radius 3 is 2.38 bits per heavy atom. The van der Waals surface area contributed by atoms with E-state index in [9.17, 15) is 4.79 Å². The zero-order valence-electron chi connectivity index (χ0n) is 13.7. The van der Waals surface area contributed by atoms with E-state index in [4.69, 9.17) is 0 Å². The number of piperidine rings is 1. The van der Waals surface area contributed by atoms with E-state index in [0.717, 1.165) is 38.4 Å². The molecule has 0 saturated carbocycles. The second-order valence-electron chi connectivity index (χ2n) is 5.41. The number of likely N-dealkylation sites (tertiary alicyclic amines) is 1. The summed E-state index contributed by atoms with van der Waals surface area (Å²) in [7, 11) is 0. The van der Waals surface area contributed by atoms with Gasteiger partial charge in [-0.25, -0.2) is 4.99 Å². The molecule has 0 aromatic heterocycles. The van der Waals surface area contributed by atoms with Gasteiger partial charge in [0.1, 0.15) is 6.54 Å². The number of nitrogens with one attached hydrogen (secondary N) is 3. The van der Waals surface area contributed by atoms with E-state index < -0.39 is 0 Å². The molecule has 1 aliphatic heterocycles. The molecule has 122 valence electrons. The highest BCUT2D eigenvalue weighted by Crippen LogP contribution is 2.10. The van der Waals surface area contributed by atoms with Crippen LogP contribution in [0.5, 0.6) is 0 Å². The summed E-state index contributed by atoms with van der Waals surface area (Å²) in [6, 6.07) is 0.449. The summed E-state index contributed by atoms with van der Waals surface area (Å²) in [5.74, 6) is 0.713. The molecule has 1 fully saturated rings. The number of nitrogens with zero attached hydrogens (tertiary/aromatic N) is 2. The van der Waals surface area contributed by atoms with Gasteiger partial charge in [-0.2, -0.15) is 0 Å². The van der Waals surface area contributed by atoms with Gasteiger partial charge in [-0.1, -0.05) is 6.92 Å². The van der Waals surface area contributed by atoms with Crippen LogP contribution in [0.3, 0.4) is 0 Å². The smallest absolute Gasteiger partial charge is 0.241 e. The van der Waals surface area contributed by atoms with Crippen LogP contribution in [-0.4, -0.2) is 62.1 Å². The lowest BCUT2D eigenvalue weighted by molar-refractivity contribution is -0.119. The van der Waals surface area contributed by atoms with E-state index in [0.29, 0.717) is 12.6 Å². The fourth-order valence-corrected chi connectivity index (χ4v) is 2.53. The zero-order valence-corrected chi connectivity index (χ0v) is 13.7. The van der Waals surface area contributed by atoms with Gasteiger partial charge < -0.3 is 20.9 Å². The highest BCUT2D eigenvalue weighted by Gasteiger charge is 2.19. The fraction of sp³-hybridized carbons (Fsp3) is 0.867. The van der Waals surface area contributed by atoms with Crippen LogP contribution in [0.1, 0.15) is 40.0 Å². The van der Waals surface area contributed by atoms with Crippen LogP contribution < -0.4 is 16.0 Å². The van der Waals surface area contributed by atoms with Gasteiger partial charge in [0.05, 0.1) is 0 Å². The summed E-state index contributed by atoms with van der Waals surface area (Å²) in [6.45, 7) is 11.3. The van der Waals surface area contributed by atoms with Crippen molar-refractivity contribution in [2.45, 2.75) is 46.1 Å². The number of guanidine groups is 1. The minimum atomic E-state index is -0.0348. The van der Waals surface area contributed by atoms with Crippen molar-refractivity contribution >= 4 is 11.9 Å². The summed E-state index contributed by atoms with van der Waals surface area (Å²) in [5, 5.41) is 9.42. The Bertz CT molecular complexity index is 324. The molecule has 0 radical (unpaired) electrons. The first-order chi connectivity index (χ1) is 10.2. The van der Waals surface area contributed by atoms with Crippen molar-refractivity contribution in [1.29, 1.82) is 0 Å². The van der Waals surface area contributed by atoms with E-state index in [1.165, 1.54) is 13.0 Å². The van der Waals surface area contributed by atoms with Crippen molar-refractivity contribution in [2.24, 2.45) is 4.99 Å². The maximum absolute atomic E-state index is 11.5. The SMILES string of the molecule is CCCN1CCC(NC(=NCC(=O)NCC)NCC)CC1. The Labute approximate surface area is 128 Å². The van der Waals surface area contributed by atoms with Gasteiger partial charge in [0.25, 0.3) is 0 Å². The first-order valence-corrected chi connectivity index (χ1v) is 8.23. The summed E-state index contributed by atoms with van der Waals surface area (Å²) in [5.41, 5.74) is 0. The van der Waals surface area contributed by atoms with Crippen molar-refractivity contribution in [3.8, 4) is 0 Å². The molecule has 3 N–H and O–H groups in total. The number of amides is 1. The van der Waals surface area contributed by atoms with Gasteiger partial charge in [0.2, 0.25) is 5.91 Å². The van der Waals surface area contributed by atoms with Crippen LogP contribution in [0.4, 0.5) is 0 Å². The molecule has 6 nitrogen and oxygen atoms in total. The van der Waals surface area contributed by atoms with E-state index in [1.54, 1.807) is 0 Å². The predicted molar refractivity (Wildman–Crippen MR) is 87.6 cm³/mol. The molecule has 0 atom stereocenters. The quantitative estimate of drug-likeness (QED) is 0.474. The molecule has 1 heterocycles. The van der Waals surface area contributed by atoms with Gasteiger partial charge in [0.15, 0.2) is 5.96 Å². The van der Waals surface area contributed by atoms with Crippen LogP contribution in [0.2, 0.25) is 0 Å². The zero-order chi connectivity index (χ0) is 15.5. The normalized spacial score (nSPS) is 17.6. The van der Waals surface area contributed by atoms with E-state index >= 15 is 0 Å². The molecule has 21 heavy (non-hydrogen) atoms. The molecule has 1 saturated heterocycles. The minimum absolute atomic E-state index is 0.0348. The molecular weight excluding hydrogens is 266 g/mol. The van der Waals surface area contributed by atoms with Crippen molar-refractivity contribution in [3.05, 3.63) is 0 Å². The summed E-state index contributed by atoms with van der Waals surface area (Å²) < 4.78 is 0. The van der Waals surface area contributed by atoms with Gasteiger partial charge in [-0.05, 0) is 39.7 Å². The summed E-state index contributed by atoms with van der Waals surface area (Å²) in [4.78, 5) is 18.3. The predicted octanol–water partition coefficient (Wildman–Crippen LogP) is 0.552. The molecular formula is C15H31N5O. The second-order valence-corrected chi connectivity index (χ2v) is 5.41. The van der Waals surface area contributed by atoms with E-state index in [2.05, 4.69) is 32.8 Å². The number of carbonyl (C=O) groups excluding carboxylic acids is 1. The van der Waals surface area contributed by atoms with Gasteiger partial charge in [-0.15, -0.1) is 0 Å². The third kappa shape index (κ3) is 7.32.